The number of carbonyl (C=O) groups excluding carboxylic acids is 2. The number of nitrogens with zero attached hydrogens (tertiary/aromatic N) is 1. The Labute approximate surface area is 178 Å². The van der Waals surface area contributed by atoms with Crippen molar-refractivity contribution >= 4 is 52.2 Å². The summed E-state index contributed by atoms with van der Waals surface area (Å²) in [7, 11) is 0. The van der Waals surface area contributed by atoms with Crippen LogP contribution in [-0.2, 0) is 11.3 Å². The molecule has 1 aliphatic rings. The molecule has 146 valence electrons. The van der Waals surface area contributed by atoms with E-state index in [2.05, 4.69) is 0 Å². The maximum Gasteiger partial charge on any atom is 0.293 e. The Morgan fingerprint density at radius 3 is 2.46 bits per heavy atom. The van der Waals surface area contributed by atoms with Crippen molar-refractivity contribution in [2.75, 3.05) is 0 Å². The minimum atomic E-state index is -0.371. The lowest BCUT2D eigenvalue weighted by Gasteiger charge is -2.15. The zero-order chi connectivity index (χ0) is 20.3. The summed E-state index contributed by atoms with van der Waals surface area (Å²) < 4.78 is 5.92. The van der Waals surface area contributed by atoms with Crippen molar-refractivity contribution in [3.8, 4) is 5.75 Å². The van der Waals surface area contributed by atoms with Crippen molar-refractivity contribution in [3.05, 3.63) is 68.5 Å². The van der Waals surface area contributed by atoms with Gasteiger partial charge in [0.15, 0.2) is 0 Å². The number of amides is 2. The van der Waals surface area contributed by atoms with E-state index in [1.165, 1.54) is 0 Å². The predicted octanol–water partition coefficient (Wildman–Crippen LogP) is 6.41. The van der Waals surface area contributed by atoms with Gasteiger partial charge in [-0.3, -0.25) is 14.5 Å². The first-order valence-electron chi connectivity index (χ1n) is 8.84. The first-order chi connectivity index (χ1) is 13.4. The highest BCUT2D eigenvalue weighted by Crippen LogP contribution is 2.36. The predicted molar refractivity (Wildman–Crippen MR) is 115 cm³/mol. The molecule has 0 unspecified atom stereocenters. The summed E-state index contributed by atoms with van der Waals surface area (Å²) >= 11 is 13.3. The highest BCUT2D eigenvalue weighted by atomic mass is 35.5. The molecule has 3 rings (SSSR count). The van der Waals surface area contributed by atoms with E-state index in [0.717, 1.165) is 28.6 Å². The summed E-state index contributed by atoms with van der Waals surface area (Å²) in [6.07, 6.45) is 2.60. The van der Waals surface area contributed by atoms with Crippen LogP contribution in [0.3, 0.4) is 0 Å². The van der Waals surface area contributed by atoms with E-state index >= 15 is 0 Å². The van der Waals surface area contributed by atoms with Crippen LogP contribution in [0.25, 0.3) is 6.08 Å². The van der Waals surface area contributed by atoms with E-state index < -0.39 is 0 Å². The third-order valence-corrected chi connectivity index (χ3v) is 5.98. The summed E-state index contributed by atoms with van der Waals surface area (Å²) in [4.78, 5) is 26.8. The monoisotopic (exact) mass is 435 g/mol. The van der Waals surface area contributed by atoms with Gasteiger partial charge in [0.1, 0.15) is 5.75 Å². The molecule has 0 saturated carbocycles. The molecule has 2 aromatic rings. The number of hydrogen-bond donors (Lipinski definition) is 0. The fraction of sp³-hybridized carbons (Fsp3) is 0.238. The molecule has 0 aromatic heterocycles. The summed E-state index contributed by atoms with van der Waals surface area (Å²) in [5.74, 6) is 0.308. The SMILES string of the molecule is CC[C@H](C)Oc1ccccc1/C=C1\SC(=O)N(Cc2c(Cl)cccc2Cl)C1=O. The highest BCUT2D eigenvalue weighted by molar-refractivity contribution is 8.18. The molecule has 1 heterocycles. The molecule has 4 nitrogen and oxygen atoms in total. The van der Waals surface area contributed by atoms with Crippen LogP contribution >= 0.6 is 35.0 Å². The molecule has 2 amide bonds. The second-order valence-electron chi connectivity index (χ2n) is 6.34. The quantitative estimate of drug-likeness (QED) is 0.491. The minimum Gasteiger partial charge on any atom is -0.490 e. The number of halogens is 2. The molecular weight excluding hydrogens is 417 g/mol. The third kappa shape index (κ3) is 4.54. The van der Waals surface area contributed by atoms with Gasteiger partial charge in [-0.25, -0.2) is 0 Å². The van der Waals surface area contributed by atoms with E-state index in [1.807, 2.05) is 38.1 Å². The average molecular weight is 436 g/mol. The standard InChI is InChI=1S/C21H19Cl2NO3S/c1-3-13(2)27-18-10-5-4-7-14(18)11-19-20(25)24(21(26)28-19)12-15-16(22)8-6-9-17(15)23/h4-11,13H,3,12H2,1-2H3/b19-11-/t13-/m0/s1. The van der Waals surface area contributed by atoms with E-state index in [9.17, 15) is 9.59 Å². The Balaban J connectivity index is 1.86. The van der Waals surface area contributed by atoms with Crippen LogP contribution < -0.4 is 4.74 Å². The molecular formula is C21H19Cl2NO3S. The van der Waals surface area contributed by atoms with Crippen LogP contribution in [0.5, 0.6) is 5.75 Å². The zero-order valence-corrected chi connectivity index (χ0v) is 17.8. The van der Waals surface area contributed by atoms with Gasteiger partial charge in [-0.1, -0.05) is 54.4 Å². The molecule has 0 bridgehead atoms. The number of carbonyl (C=O) groups is 2. The fourth-order valence-electron chi connectivity index (χ4n) is 2.63. The van der Waals surface area contributed by atoms with Crippen molar-refractivity contribution in [1.29, 1.82) is 0 Å². The van der Waals surface area contributed by atoms with Gasteiger partial charge in [-0.15, -0.1) is 0 Å². The zero-order valence-electron chi connectivity index (χ0n) is 15.4. The second-order valence-corrected chi connectivity index (χ2v) is 8.15. The first-order valence-corrected chi connectivity index (χ1v) is 10.4. The number of ether oxygens (including phenoxy) is 1. The summed E-state index contributed by atoms with van der Waals surface area (Å²) in [5, 5.41) is 0.484. The summed E-state index contributed by atoms with van der Waals surface area (Å²) in [6.45, 7) is 4.06. The van der Waals surface area contributed by atoms with Crippen LogP contribution in [0.15, 0.2) is 47.4 Å². The molecule has 1 fully saturated rings. The van der Waals surface area contributed by atoms with Gasteiger partial charge in [-0.2, -0.15) is 0 Å². The van der Waals surface area contributed by atoms with Crippen LogP contribution in [0.4, 0.5) is 4.79 Å². The third-order valence-electron chi connectivity index (χ3n) is 4.36. The molecule has 0 spiro atoms. The maximum atomic E-state index is 12.8. The van der Waals surface area contributed by atoms with Crippen molar-refractivity contribution in [2.24, 2.45) is 0 Å². The highest BCUT2D eigenvalue weighted by Gasteiger charge is 2.36. The number of benzene rings is 2. The molecule has 0 radical (unpaired) electrons. The van der Waals surface area contributed by atoms with Crippen LogP contribution in [0.1, 0.15) is 31.4 Å². The number of imide groups is 1. The lowest BCUT2D eigenvalue weighted by Crippen LogP contribution is -2.27. The Kier molecular flexibility index (Phi) is 6.70. The molecule has 1 atom stereocenters. The average Bonchev–Trinajstić information content (AvgIpc) is 2.93. The smallest absolute Gasteiger partial charge is 0.293 e. The number of thioether (sulfide) groups is 1. The molecule has 0 aliphatic carbocycles. The largest absolute Gasteiger partial charge is 0.490 e. The van der Waals surface area contributed by atoms with Gasteiger partial charge in [0.05, 0.1) is 17.6 Å². The molecule has 7 heteroatoms. The Bertz CT molecular complexity index is 925. The van der Waals surface area contributed by atoms with Crippen molar-refractivity contribution in [2.45, 2.75) is 32.9 Å². The van der Waals surface area contributed by atoms with E-state index in [4.69, 9.17) is 27.9 Å². The molecule has 2 aromatic carbocycles. The fourth-order valence-corrected chi connectivity index (χ4v) is 3.97. The molecule has 1 aliphatic heterocycles. The van der Waals surface area contributed by atoms with Crippen molar-refractivity contribution < 1.29 is 14.3 Å². The number of para-hydroxylation sites is 1. The molecule has 0 N–H and O–H groups in total. The Morgan fingerprint density at radius 1 is 1.11 bits per heavy atom. The summed E-state index contributed by atoms with van der Waals surface area (Å²) in [5.41, 5.74) is 1.30. The van der Waals surface area contributed by atoms with E-state index in [1.54, 1.807) is 24.3 Å². The van der Waals surface area contributed by atoms with Gasteiger partial charge >= 0.3 is 0 Å². The van der Waals surface area contributed by atoms with Gasteiger partial charge in [-0.05, 0) is 49.4 Å². The molecule has 1 saturated heterocycles. The van der Waals surface area contributed by atoms with Crippen LogP contribution in [0.2, 0.25) is 10.0 Å². The van der Waals surface area contributed by atoms with Crippen LogP contribution in [-0.4, -0.2) is 22.2 Å². The van der Waals surface area contributed by atoms with Gasteiger partial charge in [0.25, 0.3) is 11.1 Å². The van der Waals surface area contributed by atoms with E-state index in [0.29, 0.717) is 26.3 Å². The van der Waals surface area contributed by atoms with Gasteiger partial charge in [0, 0.05) is 21.2 Å². The van der Waals surface area contributed by atoms with Gasteiger partial charge in [0.2, 0.25) is 0 Å². The lowest BCUT2D eigenvalue weighted by molar-refractivity contribution is -0.123. The van der Waals surface area contributed by atoms with Crippen LogP contribution in [0, 0.1) is 0 Å². The van der Waals surface area contributed by atoms with E-state index in [-0.39, 0.29) is 23.8 Å². The Morgan fingerprint density at radius 2 is 1.79 bits per heavy atom. The second kappa shape index (κ2) is 9.03. The number of rotatable bonds is 6. The molecule has 28 heavy (non-hydrogen) atoms. The normalized spacial score (nSPS) is 16.7. The summed E-state index contributed by atoms with van der Waals surface area (Å²) in [6, 6.07) is 12.5. The first kappa shape index (κ1) is 20.8. The Hall–Kier alpha value is -1.95. The van der Waals surface area contributed by atoms with Crippen molar-refractivity contribution in [1.82, 2.24) is 4.90 Å². The van der Waals surface area contributed by atoms with Crippen molar-refractivity contribution in [3.63, 3.8) is 0 Å². The maximum absolute atomic E-state index is 12.8. The number of hydrogen-bond acceptors (Lipinski definition) is 4. The van der Waals surface area contributed by atoms with Gasteiger partial charge < -0.3 is 4.74 Å². The topological polar surface area (TPSA) is 46.6 Å². The minimum absolute atomic E-state index is 0.0333. The lowest BCUT2D eigenvalue weighted by atomic mass is 10.1.